The Morgan fingerprint density at radius 3 is 2.73 bits per heavy atom. The van der Waals surface area contributed by atoms with Gasteiger partial charge in [0.2, 0.25) is 0 Å². The van der Waals surface area contributed by atoms with Gasteiger partial charge in [0.15, 0.2) is 0 Å². The van der Waals surface area contributed by atoms with E-state index in [-0.39, 0.29) is 5.97 Å². The van der Waals surface area contributed by atoms with Gasteiger partial charge in [-0.05, 0) is 19.4 Å². The van der Waals surface area contributed by atoms with Gasteiger partial charge in [0.05, 0.1) is 6.61 Å². The summed E-state index contributed by atoms with van der Waals surface area (Å²) in [5.41, 5.74) is 0. The number of hydrogen-bond acceptors (Lipinski definition) is 2. The monoisotopic (exact) mass is 208 g/mol. The van der Waals surface area contributed by atoms with E-state index in [0.717, 1.165) is 12.8 Å². The molecule has 0 aromatic heterocycles. The predicted octanol–water partition coefficient (Wildman–Crippen LogP) is 3.08. The zero-order valence-corrected chi connectivity index (χ0v) is 9.71. The van der Waals surface area contributed by atoms with Gasteiger partial charge in [-0.25, -0.2) is 4.79 Å². The van der Waals surface area contributed by atoms with E-state index in [1.54, 1.807) is 13.0 Å². The lowest BCUT2D eigenvalue weighted by Crippen LogP contribution is -1.98. The van der Waals surface area contributed by atoms with Crippen molar-refractivity contribution in [1.82, 2.24) is 0 Å². The normalized spacial score (nSPS) is 9.73. The van der Waals surface area contributed by atoms with Crippen molar-refractivity contribution in [2.45, 2.75) is 46.0 Å². The molecule has 84 valence electrons. The van der Waals surface area contributed by atoms with E-state index in [2.05, 4.69) is 18.8 Å². The molecule has 0 aliphatic carbocycles. The molecule has 0 radical (unpaired) electrons. The maximum Gasteiger partial charge on any atom is 0.331 e. The van der Waals surface area contributed by atoms with Crippen LogP contribution in [0.3, 0.4) is 0 Å². The van der Waals surface area contributed by atoms with Gasteiger partial charge in [-0.2, -0.15) is 0 Å². The van der Waals surface area contributed by atoms with Crippen LogP contribution < -0.4 is 0 Å². The fourth-order valence-corrected chi connectivity index (χ4v) is 1.07. The molecule has 0 rings (SSSR count). The van der Waals surface area contributed by atoms with Crippen LogP contribution in [-0.4, -0.2) is 12.6 Å². The molecule has 0 aliphatic rings. The van der Waals surface area contributed by atoms with Crippen LogP contribution in [-0.2, 0) is 9.53 Å². The molecule has 0 heterocycles. The lowest BCUT2D eigenvalue weighted by atomic mass is 10.2. The quantitative estimate of drug-likeness (QED) is 0.290. The van der Waals surface area contributed by atoms with Crippen LogP contribution in [0.4, 0.5) is 0 Å². The van der Waals surface area contributed by atoms with Crippen molar-refractivity contribution in [3.8, 4) is 11.8 Å². The number of esters is 1. The molecule has 15 heavy (non-hydrogen) atoms. The first-order valence-corrected chi connectivity index (χ1v) is 5.63. The smallest absolute Gasteiger partial charge is 0.331 e. The zero-order chi connectivity index (χ0) is 11.4. The molecule has 0 bridgehead atoms. The van der Waals surface area contributed by atoms with E-state index >= 15 is 0 Å². The summed E-state index contributed by atoms with van der Waals surface area (Å²) >= 11 is 0. The highest BCUT2D eigenvalue weighted by Gasteiger charge is 1.89. The highest BCUT2D eigenvalue weighted by atomic mass is 16.5. The van der Waals surface area contributed by atoms with E-state index in [4.69, 9.17) is 4.74 Å². The SMILES string of the molecule is CCCCCCC#C/C=C/C(=O)OCC. The summed E-state index contributed by atoms with van der Waals surface area (Å²) in [7, 11) is 0. The number of unbranched alkanes of at least 4 members (excludes halogenated alkanes) is 4. The van der Waals surface area contributed by atoms with Crippen molar-refractivity contribution in [3.05, 3.63) is 12.2 Å². The molecule has 0 aromatic rings. The van der Waals surface area contributed by atoms with Crippen LogP contribution in [0.5, 0.6) is 0 Å². The Morgan fingerprint density at radius 1 is 1.27 bits per heavy atom. The summed E-state index contributed by atoms with van der Waals surface area (Å²) in [5.74, 6) is 5.50. The Labute approximate surface area is 92.7 Å². The molecule has 0 unspecified atom stereocenters. The van der Waals surface area contributed by atoms with E-state index < -0.39 is 0 Å². The summed E-state index contributed by atoms with van der Waals surface area (Å²) in [4.78, 5) is 10.8. The molecule has 0 saturated heterocycles. The maximum absolute atomic E-state index is 10.8. The van der Waals surface area contributed by atoms with Crippen LogP contribution >= 0.6 is 0 Å². The summed E-state index contributed by atoms with van der Waals surface area (Å²) < 4.78 is 4.71. The third kappa shape index (κ3) is 10.7. The van der Waals surface area contributed by atoms with Crippen LogP contribution in [0.25, 0.3) is 0 Å². The Kier molecular flexibility index (Phi) is 9.96. The average molecular weight is 208 g/mol. The fourth-order valence-electron chi connectivity index (χ4n) is 1.07. The standard InChI is InChI=1S/C13H20O2/c1-3-5-6-7-8-9-10-11-12-13(14)15-4-2/h11-12H,3-8H2,1-2H3/b12-11+. The second-order valence-electron chi connectivity index (χ2n) is 3.22. The van der Waals surface area contributed by atoms with Gasteiger partial charge < -0.3 is 4.74 Å². The van der Waals surface area contributed by atoms with Gasteiger partial charge in [0.25, 0.3) is 0 Å². The van der Waals surface area contributed by atoms with Crippen LogP contribution in [0, 0.1) is 11.8 Å². The molecule has 2 heteroatoms. The van der Waals surface area contributed by atoms with Crippen molar-refractivity contribution in [1.29, 1.82) is 0 Å². The van der Waals surface area contributed by atoms with E-state index in [9.17, 15) is 4.79 Å². The number of allylic oxidation sites excluding steroid dienone is 1. The third-order valence-corrected chi connectivity index (χ3v) is 1.85. The molecule has 0 spiro atoms. The minimum absolute atomic E-state index is 0.321. The Morgan fingerprint density at radius 2 is 2.07 bits per heavy atom. The Hall–Kier alpha value is -1.23. The minimum Gasteiger partial charge on any atom is -0.463 e. The Bertz CT molecular complexity index is 243. The molecular formula is C13H20O2. The molecule has 0 saturated carbocycles. The van der Waals surface area contributed by atoms with Crippen molar-refractivity contribution < 1.29 is 9.53 Å². The van der Waals surface area contributed by atoms with Crippen molar-refractivity contribution in [3.63, 3.8) is 0 Å². The zero-order valence-electron chi connectivity index (χ0n) is 9.71. The average Bonchev–Trinajstić information content (AvgIpc) is 2.22. The van der Waals surface area contributed by atoms with Gasteiger partial charge in [-0.1, -0.05) is 38.0 Å². The van der Waals surface area contributed by atoms with Gasteiger partial charge in [0.1, 0.15) is 0 Å². The lowest BCUT2D eigenvalue weighted by molar-refractivity contribution is -0.137. The summed E-state index contributed by atoms with van der Waals surface area (Å²) in [6.45, 7) is 4.38. The highest BCUT2D eigenvalue weighted by molar-refractivity contribution is 5.82. The van der Waals surface area contributed by atoms with Crippen LogP contribution in [0.1, 0.15) is 46.0 Å². The molecule has 0 fully saturated rings. The molecule has 0 aromatic carbocycles. The molecule has 0 N–H and O–H groups in total. The van der Waals surface area contributed by atoms with Crippen LogP contribution in [0.15, 0.2) is 12.2 Å². The number of ether oxygens (including phenoxy) is 1. The fraction of sp³-hybridized carbons (Fsp3) is 0.615. The maximum atomic E-state index is 10.8. The first kappa shape index (κ1) is 13.8. The van der Waals surface area contributed by atoms with Crippen molar-refractivity contribution >= 4 is 5.97 Å². The minimum atomic E-state index is -0.321. The van der Waals surface area contributed by atoms with Gasteiger partial charge in [0, 0.05) is 12.5 Å². The third-order valence-electron chi connectivity index (χ3n) is 1.85. The molecule has 0 amide bonds. The van der Waals surface area contributed by atoms with E-state index in [1.165, 1.54) is 25.3 Å². The second-order valence-corrected chi connectivity index (χ2v) is 3.22. The first-order valence-electron chi connectivity index (χ1n) is 5.63. The van der Waals surface area contributed by atoms with Gasteiger partial charge in [-0.3, -0.25) is 0 Å². The molecule has 2 nitrogen and oxygen atoms in total. The number of carbonyl (C=O) groups excluding carboxylic acids is 1. The van der Waals surface area contributed by atoms with Gasteiger partial charge >= 0.3 is 5.97 Å². The van der Waals surface area contributed by atoms with Gasteiger partial charge in [-0.15, -0.1) is 0 Å². The number of hydrogen-bond donors (Lipinski definition) is 0. The topological polar surface area (TPSA) is 26.3 Å². The van der Waals surface area contributed by atoms with E-state index in [0.29, 0.717) is 6.61 Å². The predicted molar refractivity (Wildman–Crippen MR) is 62.3 cm³/mol. The van der Waals surface area contributed by atoms with Crippen molar-refractivity contribution in [2.75, 3.05) is 6.61 Å². The molecule has 0 aliphatic heterocycles. The summed E-state index contributed by atoms with van der Waals surface area (Å²) in [6.07, 6.45) is 8.74. The summed E-state index contributed by atoms with van der Waals surface area (Å²) in [6, 6.07) is 0. The Balaban J connectivity index is 3.48. The summed E-state index contributed by atoms with van der Waals surface area (Å²) in [5, 5.41) is 0. The first-order chi connectivity index (χ1) is 7.31. The van der Waals surface area contributed by atoms with Crippen LogP contribution in [0.2, 0.25) is 0 Å². The van der Waals surface area contributed by atoms with Crippen molar-refractivity contribution in [2.24, 2.45) is 0 Å². The lowest BCUT2D eigenvalue weighted by Gasteiger charge is -1.92. The molecular weight excluding hydrogens is 188 g/mol. The molecule has 0 atom stereocenters. The second kappa shape index (κ2) is 10.8. The number of rotatable bonds is 6. The number of carbonyl (C=O) groups is 1. The largest absolute Gasteiger partial charge is 0.463 e. The van der Waals surface area contributed by atoms with E-state index in [1.807, 2.05) is 0 Å². The highest BCUT2D eigenvalue weighted by Crippen LogP contribution is 2.00.